The molecule has 2 fully saturated rings. The lowest BCUT2D eigenvalue weighted by Crippen LogP contribution is -2.35. The molecule has 2 heterocycles. The fraction of sp³-hybridized carbons (Fsp3) is 0.833. The van der Waals surface area contributed by atoms with Crippen LogP contribution in [0.5, 0.6) is 0 Å². The largest absolute Gasteiger partial charge is 0.337 e. The van der Waals surface area contributed by atoms with E-state index >= 15 is 0 Å². The van der Waals surface area contributed by atoms with E-state index in [0.717, 1.165) is 11.6 Å². The third kappa shape index (κ3) is 2.30. The molecule has 1 aromatic heterocycles. The Balaban J connectivity index is 1.80. The molecular formula is C12H19N3OS2. The van der Waals surface area contributed by atoms with Gasteiger partial charge in [0.05, 0.1) is 10.8 Å². The van der Waals surface area contributed by atoms with Crippen LogP contribution in [0, 0.1) is 5.92 Å². The molecule has 3 atom stereocenters. The minimum Gasteiger partial charge on any atom is -0.337 e. The summed E-state index contributed by atoms with van der Waals surface area (Å²) in [4.78, 5) is 4.58. The van der Waals surface area contributed by atoms with Crippen LogP contribution in [-0.2, 0) is 5.54 Å². The van der Waals surface area contributed by atoms with Gasteiger partial charge in [0.25, 0.3) is 0 Å². The molecule has 2 aliphatic rings. The van der Waals surface area contributed by atoms with Crippen molar-refractivity contribution in [2.45, 2.75) is 42.7 Å². The molecule has 3 unspecified atom stereocenters. The van der Waals surface area contributed by atoms with Crippen LogP contribution in [0.25, 0.3) is 0 Å². The summed E-state index contributed by atoms with van der Waals surface area (Å²) in [6, 6.07) is 0. The van der Waals surface area contributed by atoms with E-state index in [1.807, 2.05) is 30.4 Å². The normalized spacial score (nSPS) is 32.2. The number of rotatable bonds is 3. The highest BCUT2D eigenvalue weighted by molar-refractivity contribution is 8.06. The zero-order valence-corrected chi connectivity index (χ0v) is 12.4. The van der Waals surface area contributed by atoms with Crippen LogP contribution in [0.2, 0.25) is 0 Å². The Morgan fingerprint density at radius 3 is 2.72 bits per heavy atom. The van der Waals surface area contributed by atoms with Gasteiger partial charge in [-0.3, -0.25) is 0 Å². The summed E-state index contributed by atoms with van der Waals surface area (Å²) in [5.74, 6) is 4.32. The lowest BCUT2D eigenvalue weighted by molar-refractivity contribution is 0.272. The Hall–Kier alpha value is -0.200. The van der Waals surface area contributed by atoms with Gasteiger partial charge >= 0.3 is 0 Å². The average Bonchev–Trinajstić information content (AvgIpc) is 3.09. The molecule has 0 radical (unpaired) electrons. The Morgan fingerprint density at radius 2 is 2.06 bits per heavy atom. The molecule has 1 aromatic rings. The van der Waals surface area contributed by atoms with E-state index in [1.54, 1.807) is 0 Å². The van der Waals surface area contributed by atoms with Crippen LogP contribution < -0.4 is 5.73 Å². The molecule has 6 heteroatoms. The van der Waals surface area contributed by atoms with E-state index in [1.165, 1.54) is 18.6 Å². The number of hydrogen-bond acceptors (Lipinski definition) is 6. The van der Waals surface area contributed by atoms with Gasteiger partial charge in [-0.2, -0.15) is 16.7 Å². The van der Waals surface area contributed by atoms with Crippen LogP contribution in [0.4, 0.5) is 0 Å². The zero-order chi connectivity index (χ0) is 12.8. The monoisotopic (exact) mass is 285 g/mol. The highest BCUT2D eigenvalue weighted by atomic mass is 32.2. The summed E-state index contributed by atoms with van der Waals surface area (Å²) in [5.41, 5.74) is 5.87. The van der Waals surface area contributed by atoms with Gasteiger partial charge in [-0.05, 0) is 25.7 Å². The van der Waals surface area contributed by atoms with Crippen molar-refractivity contribution in [3.05, 3.63) is 11.7 Å². The van der Waals surface area contributed by atoms with Crippen molar-refractivity contribution in [3.63, 3.8) is 0 Å². The second-order valence-electron chi connectivity index (χ2n) is 5.38. The molecule has 18 heavy (non-hydrogen) atoms. The lowest BCUT2D eigenvalue weighted by Gasteiger charge is -2.25. The van der Waals surface area contributed by atoms with Gasteiger partial charge in [0, 0.05) is 16.8 Å². The molecule has 1 aliphatic carbocycles. The molecule has 2 N–H and O–H groups in total. The second-order valence-corrected chi connectivity index (χ2v) is 8.12. The van der Waals surface area contributed by atoms with Crippen molar-refractivity contribution in [2.75, 3.05) is 11.5 Å². The minimum absolute atomic E-state index is 0.344. The van der Waals surface area contributed by atoms with Crippen molar-refractivity contribution in [1.29, 1.82) is 0 Å². The average molecular weight is 285 g/mol. The molecule has 3 rings (SSSR count). The predicted molar refractivity (Wildman–Crippen MR) is 75.7 cm³/mol. The van der Waals surface area contributed by atoms with E-state index in [4.69, 9.17) is 10.3 Å². The van der Waals surface area contributed by atoms with E-state index in [-0.39, 0.29) is 0 Å². The van der Waals surface area contributed by atoms with Crippen molar-refractivity contribution >= 4 is 23.5 Å². The highest BCUT2D eigenvalue weighted by Gasteiger charge is 2.44. The third-order valence-corrected chi connectivity index (χ3v) is 6.86. The number of hydrogen-bond donors (Lipinski definition) is 1. The summed E-state index contributed by atoms with van der Waals surface area (Å²) in [6.07, 6.45) is 2.35. The molecular weight excluding hydrogens is 266 g/mol. The first-order valence-corrected chi connectivity index (χ1v) is 8.55. The number of nitrogens with two attached hydrogens (primary N) is 1. The summed E-state index contributed by atoms with van der Waals surface area (Å²) in [5, 5.41) is 5.05. The molecule has 100 valence electrons. The first kappa shape index (κ1) is 12.8. The van der Waals surface area contributed by atoms with Crippen LogP contribution >= 0.6 is 23.5 Å². The standard InChI is InChI=1S/C12H19N3OS2/c1-7-9(18-6-5-17-7)10-14-11(16-15-10)12(2,13)8-3-4-8/h7-9H,3-6,13H2,1-2H3. The van der Waals surface area contributed by atoms with Crippen LogP contribution in [-0.4, -0.2) is 26.9 Å². The van der Waals surface area contributed by atoms with Gasteiger partial charge in [-0.25, -0.2) is 0 Å². The molecule has 1 aliphatic heterocycles. The number of aromatic nitrogens is 2. The van der Waals surface area contributed by atoms with E-state index in [0.29, 0.717) is 22.3 Å². The number of nitrogens with zero attached hydrogens (tertiary/aromatic N) is 2. The maximum absolute atomic E-state index is 6.31. The van der Waals surface area contributed by atoms with Gasteiger partial charge in [-0.1, -0.05) is 12.1 Å². The maximum atomic E-state index is 6.31. The summed E-state index contributed by atoms with van der Waals surface area (Å²) < 4.78 is 5.42. The van der Waals surface area contributed by atoms with E-state index in [2.05, 4.69) is 17.1 Å². The van der Waals surface area contributed by atoms with Gasteiger partial charge < -0.3 is 10.3 Å². The number of thioether (sulfide) groups is 2. The Bertz CT molecular complexity index is 431. The van der Waals surface area contributed by atoms with Crippen molar-refractivity contribution < 1.29 is 4.52 Å². The molecule has 4 nitrogen and oxygen atoms in total. The summed E-state index contributed by atoms with van der Waals surface area (Å²) in [6.45, 7) is 4.24. The molecule has 1 saturated heterocycles. The second kappa shape index (κ2) is 4.72. The Labute approximate surface area is 116 Å². The molecule has 1 saturated carbocycles. The van der Waals surface area contributed by atoms with Gasteiger partial charge in [0.2, 0.25) is 5.89 Å². The molecule has 0 amide bonds. The first-order valence-electron chi connectivity index (χ1n) is 6.45. The van der Waals surface area contributed by atoms with Gasteiger partial charge in [0.15, 0.2) is 5.82 Å². The van der Waals surface area contributed by atoms with Crippen LogP contribution in [0.3, 0.4) is 0 Å². The molecule has 0 spiro atoms. The highest BCUT2D eigenvalue weighted by Crippen LogP contribution is 2.45. The van der Waals surface area contributed by atoms with E-state index in [9.17, 15) is 0 Å². The van der Waals surface area contributed by atoms with E-state index < -0.39 is 5.54 Å². The smallest absolute Gasteiger partial charge is 0.246 e. The quantitative estimate of drug-likeness (QED) is 0.921. The summed E-state index contributed by atoms with van der Waals surface area (Å²) in [7, 11) is 0. The Kier molecular flexibility index (Phi) is 3.36. The maximum Gasteiger partial charge on any atom is 0.246 e. The van der Waals surface area contributed by atoms with Crippen molar-refractivity contribution in [3.8, 4) is 0 Å². The summed E-state index contributed by atoms with van der Waals surface area (Å²) >= 11 is 3.91. The SMILES string of the molecule is CC1SCCSC1c1noc(C(C)(N)C2CC2)n1. The fourth-order valence-corrected chi connectivity index (χ4v) is 5.02. The molecule has 0 aromatic carbocycles. The first-order chi connectivity index (χ1) is 8.59. The van der Waals surface area contributed by atoms with Crippen molar-refractivity contribution in [2.24, 2.45) is 11.7 Å². The van der Waals surface area contributed by atoms with Crippen molar-refractivity contribution in [1.82, 2.24) is 10.1 Å². The molecule has 0 bridgehead atoms. The van der Waals surface area contributed by atoms with Gasteiger partial charge in [-0.15, -0.1) is 11.8 Å². The Morgan fingerprint density at radius 1 is 1.33 bits per heavy atom. The topological polar surface area (TPSA) is 64.9 Å². The lowest BCUT2D eigenvalue weighted by atomic mass is 9.97. The minimum atomic E-state index is -0.443. The van der Waals surface area contributed by atoms with Gasteiger partial charge in [0.1, 0.15) is 0 Å². The fourth-order valence-electron chi connectivity index (χ4n) is 2.34. The third-order valence-electron chi connectivity index (χ3n) is 3.77. The van der Waals surface area contributed by atoms with Crippen LogP contribution in [0.15, 0.2) is 4.52 Å². The predicted octanol–water partition coefficient (Wildman–Crippen LogP) is 2.56. The van der Waals surface area contributed by atoms with Crippen LogP contribution in [0.1, 0.15) is 43.7 Å². The zero-order valence-electron chi connectivity index (χ0n) is 10.8.